The van der Waals surface area contributed by atoms with Crippen LogP contribution in [0.1, 0.15) is 16.8 Å². The quantitative estimate of drug-likeness (QED) is 0.307. The van der Waals surface area contributed by atoms with Gasteiger partial charge in [-0.05, 0) is 55.8 Å². The maximum atomic E-state index is 13.5. The topological polar surface area (TPSA) is 103 Å². The summed E-state index contributed by atoms with van der Waals surface area (Å²) in [5.41, 5.74) is 6.87. The number of pyridine rings is 1. The molecule has 0 saturated heterocycles. The molecule has 184 valence electrons. The first-order valence-corrected chi connectivity index (χ1v) is 12.1. The highest BCUT2D eigenvalue weighted by molar-refractivity contribution is 6.31. The van der Waals surface area contributed by atoms with Gasteiger partial charge >= 0.3 is 6.03 Å². The van der Waals surface area contributed by atoms with E-state index in [1.54, 1.807) is 29.2 Å². The van der Waals surface area contributed by atoms with Crippen LogP contribution < -0.4 is 15.1 Å². The average Bonchev–Trinajstić information content (AvgIpc) is 3.31. The molecule has 9 nitrogen and oxygen atoms in total. The SMILES string of the molecule is Cc1ccc(Nc2ncc3c(n2)N(C)C(=O)N(c2cc(-c4nc5ccc(Cl)cc5[nH]4)ccc2C)C3)cn1. The third-order valence-corrected chi connectivity index (χ3v) is 6.63. The molecule has 5 aromatic rings. The molecule has 0 bridgehead atoms. The van der Waals surface area contributed by atoms with Gasteiger partial charge in [-0.3, -0.25) is 14.8 Å². The Balaban J connectivity index is 1.32. The third kappa shape index (κ3) is 4.23. The fraction of sp³-hybridized carbons (Fsp3) is 0.148. The van der Waals surface area contributed by atoms with Crippen molar-refractivity contribution < 1.29 is 4.79 Å². The number of hydrogen-bond donors (Lipinski definition) is 2. The number of amides is 2. The van der Waals surface area contributed by atoms with Crippen molar-refractivity contribution in [3.05, 3.63) is 82.8 Å². The molecule has 1 aliphatic heterocycles. The van der Waals surface area contributed by atoms with Crippen molar-refractivity contribution in [1.82, 2.24) is 24.9 Å². The number of carbonyl (C=O) groups excluding carboxylic acids is 1. The normalized spacial score (nSPS) is 13.2. The van der Waals surface area contributed by atoms with Gasteiger partial charge in [0.25, 0.3) is 0 Å². The lowest BCUT2D eigenvalue weighted by atomic mass is 10.1. The van der Waals surface area contributed by atoms with Crippen LogP contribution in [0, 0.1) is 13.8 Å². The first-order valence-electron chi connectivity index (χ1n) is 11.7. The molecule has 3 aromatic heterocycles. The molecule has 4 heterocycles. The average molecular weight is 511 g/mol. The third-order valence-electron chi connectivity index (χ3n) is 6.39. The van der Waals surface area contributed by atoms with E-state index in [4.69, 9.17) is 16.6 Å². The predicted molar refractivity (Wildman–Crippen MR) is 146 cm³/mol. The van der Waals surface area contributed by atoms with E-state index in [0.717, 1.165) is 44.8 Å². The minimum absolute atomic E-state index is 0.175. The molecule has 6 rings (SSSR count). The standard InChI is InChI=1S/C27H23ClN8O/c1-15-4-6-17(24-32-21-9-7-19(28)11-22(21)33-24)10-23(15)36-14-18-12-30-26(34-25(18)35(3)27(36)37)31-20-8-5-16(2)29-13-20/h4-13H,14H2,1-3H3,(H,32,33)(H,30,31,34). The van der Waals surface area contributed by atoms with E-state index in [2.05, 4.69) is 25.3 Å². The van der Waals surface area contributed by atoms with Gasteiger partial charge in [-0.15, -0.1) is 0 Å². The second kappa shape index (κ2) is 8.86. The van der Waals surface area contributed by atoms with Crippen LogP contribution in [0.25, 0.3) is 22.4 Å². The van der Waals surface area contributed by atoms with Crippen molar-refractivity contribution in [1.29, 1.82) is 0 Å². The number of nitrogens with one attached hydrogen (secondary N) is 2. The minimum atomic E-state index is -0.175. The van der Waals surface area contributed by atoms with Crippen LogP contribution in [0.2, 0.25) is 5.02 Å². The maximum Gasteiger partial charge on any atom is 0.330 e. The Morgan fingerprint density at radius 1 is 1.00 bits per heavy atom. The Morgan fingerprint density at radius 3 is 2.68 bits per heavy atom. The lowest BCUT2D eigenvalue weighted by Crippen LogP contribution is -2.46. The summed E-state index contributed by atoms with van der Waals surface area (Å²) in [7, 11) is 1.72. The lowest BCUT2D eigenvalue weighted by Gasteiger charge is -2.35. The van der Waals surface area contributed by atoms with Gasteiger partial charge in [0.2, 0.25) is 5.95 Å². The zero-order chi connectivity index (χ0) is 25.7. The van der Waals surface area contributed by atoms with Gasteiger partial charge in [0.15, 0.2) is 0 Å². The summed E-state index contributed by atoms with van der Waals surface area (Å²) in [6.45, 7) is 4.26. The molecular formula is C27H23ClN8O. The van der Waals surface area contributed by atoms with Gasteiger partial charge in [0.1, 0.15) is 11.6 Å². The largest absolute Gasteiger partial charge is 0.338 e. The van der Waals surface area contributed by atoms with Gasteiger partial charge in [0.05, 0.1) is 29.5 Å². The van der Waals surface area contributed by atoms with Crippen LogP contribution >= 0.6 is 11.6 Å². The Morgan fingerprint density at radius 2 is 1.86 bits per heavy atom. The van der Waals surface area contributed by atoms with Crippen molar-refractivity contribution in [2.45, 2.75) is 20.4 Å². The van der Waals surface area contributed by atoms with Crippen molar-refractivity contribution in [2.24, 2.45) is 0 Å². The van der Waals surface area contributed by atoms with Crippen molar-refractivity contribution in [3.8, 4) is 11.4 Å². The number of fused-ring (bicyclic) bond motifs is 2. The van der Waals surface area contributed by atoms with Crippen molar-refractivity contribution >= 4 is 51.8 Å². The van der Waals surface area contributed by atoms with E-state index < -0.39 is 0 Å². The van der Waals surface area contributed by atoms with E-state index in [1.807, 2.05) is 62.4 Å². The van der Waals surface area contributed by atoms with Crippen LogP contribution in [-0.4, -0.2) is 38.0 Å². The van der Waals surface area contributed by atoms with Crippen LogP contribution in [0.3, 0.4) is 0 Å². The summed E-state index contributed by atoms with van der Waals surface area (Å²) in [4.78, 5) is 38.2. The number of aromatic amines is 1. The lowest BCUT2D eigenvalue weighted by molar-refractivity contribution is 0.251. The van der Waals surface area contributed by atoms with Gasteiger partial charge in [-0.2, -0.15) is 4.98 Å². The van der Waals surface area contributed by atoms with E-state index in [1.165, 1.54) is 0 Å². The molecule has 2 amide bonds. The van der Waals surface area contributed by atoms with E-state index >= 15 is 0 Å². The molecule has 0 unspecified atom stereocenters. The highest BCUT2D eigenvalue weighted by atomic mass is 35.5. The maximum absolute atomic E-state index is 13.5. The molecule has 0 spiro atoms. The Bertz CT molecular complexity index is 1660. The minimum Gasteiger partial charge on any atom is -0.338 e. The summed E-state index contributed by atoms with van der Waals surface area (Å²) in [5.74, 6) is 1.68. The van der Waals surface area contributed by atoms with E-state index in [9.17, 15) is 4.79 Å². The number of aromatic nitrogens is 5. The van der Waals surface area contributed by atoms with Crippen LogP contribution in [0.4, 0.5) is 27.9 Å². The van der Waals surface area contributed by atoms with Crippen molar-refractivity contribution in [3.63, 3.8) is 0 Å². The van der Waals surface area contributed by atoms with Gasteiger partial charge in [0, 0.05) is 40.8 Å². The number of urea groups is 1. The zero-order valence-electron chi connectivity index (χ0n) is 20.5. The monoisotopic (exact) mass is 510 g/mol. The fourth-order valence-electron chi connectivity index (χ4n) is 4.39. The molecule has 0 aliphatic carbocycles. The number of imidazole rings is 1. The summed E-state index contributed by atoms with van der Waals surface area (Å²) >= 11 is 6.13. The number of halogens is 1. The summed E-state index contributed by atoms with van der Waals surface area (Å²) in [5, 5.41) is 3.80. The number of aryl methyl sites for hydroxylation is 2. The second-order valence-corrected chi connectivity index (χ2v) is 9.47. The number of anilines is 4. The number of nitrogens with zero attached hydrogens (tertiary/aromatic N) is 6. The number of carbonyl (C=O) groups is 1. The molecule has 2 aromatic carbocycles. The molecule has 10 heteroatoms. The summed E-state index contributed by atoms with van der Waals surface area (Å²) in [6.07, 6.45) is 3.48. The molecule has 0 atom stereocenters. The Hall–Kier alpha value is -4.50. The van der Waals surface area contributed by atoms with Crippen molar-refractivity contribution in [2.75, 3.05) is 22.2 Å². The summed E-state index contributed by atoms with van der Waals surface area (Å²) in [6, 6.07) is 15.1. The van der Waals surface area contributed by atoms with E-state index in [0.29, 0.717) is 29.2 Å². The molecule has 37 heavy (non-hydrogen) atoms. The molecule has 1 aliphatic rings. The van der Waals surface area contributed by atoms with E-state index in [-0.39, 0.29) is 6.03 Å². The van der Waals surface area contributed by atoms with Crippen LogP contribution in [0.5, 0.6) is 0 Å². The van der Waals surface area contributed by atoms with Gasteiger partial charge in [-0.25, -0.2) is 14.8 Å². The number of rotatable bonds is 4. The number of hydrogen-bond acceptors (Lipinski definition) is 6. The Labute approximate surface area is 218 Å². The number of benzene rings is 2. The molecule has 2 N–H and O–H groups in total. The molecule has 0 fully saturated rings. The number of H-pyrrole nitrogens is 1. The molecular weight excluding hydrogens is 488 g/mol. The van der Waals surface area contributed by atoms with Gasteiger partial charge in [-0.1, -0.05) is 23.7 Å². The predicted octanol–water partition coefficient (Wildman–Crippen LogP) is 6.01. The molecule has 0 saturated carbocycles. The zero-order valence-corrected chi connectivity index (χ0v) is 21.2. The fourth-order valence-corrected chi connectivity index (χ4v) is 4.57. The van der Waals surface area contributed by atoms with Crippen LogP contribution in [0.15, 0.2) is 60.9 Å². The Kier molecular flexibility index (Phi) is 5.49. The smallest absolute Gasteiger partial charge is 0.330 e. The molecule has 0 radical (unpaired) electrons. The second-order valence-electron chi connectivity index (χ2n) is 9.03. The highest BCUT2D eigenvalue weighted by Crippen LogP contribution is 2.34. The highest BCUT2D eigenvalue weighted by Gasteiger charge is 2.31. The van der Waals surface area contributed by atoms with Gasteiger partial charge < -0.3 is 10.3 Å². The summed E-state index contributed by atoms with van der Waals surface area (Å²) < 4.78 is 0. The first kappa shape index (κ1) is 22.9. The van der Waals surface area contributed by atoms with Crippen LogP contribution in [-0.2, 0) is 6.54 Å². The first-order chi connectivity index (χ1) is 17.9.